The Morgan fingerprint density at radius 3 is 2.60 bits per heavy atom. The Kier molecular flexibility index (Phi) is 3.76. The van der Waals surface area contributed by atoms with Gasteiger partial charge in [-0.25, -0.2) is 4.39 Å². The molecule has 108 valence electrons. The molecule has 0 aliphatic rings. The molecular formula is C12H11F4N3O. The summed E-state index contributed by atoms with van der Waals surface area (Å²) in [6, 6.07) is 1.45. The lowest BCUT2D eigenvalue weighted by atomic mass is 10.1. The van der Waals surface area contributed by atoms with E-state index in [9.17, 15) is 17.6 Å². The van der Waals surface area contributed by atoms with Gasteiger partial charge in [0.2, 0.25) is 5.89 Å². The minimum Gasteiger partial charge on any atom is -0.419 e. The quantitative estimate of drug-likeness (QED) is 0.880. The number of halogens is 4. The van der Waals surface area contributed by atoms with E-state index in [1.165, 1.54) is 0 Å². The van der Waals surface area contributed by atoms with Crippen LogP contribution in [0, 0.1) is 5.82 Å². The van der Waals surface area contributed by atoms with Crippen LogP contribution < -0.4 is 5.73 Å². The van der Waals surface area contributed by atoms with Gasteiger partial charge < -0.3 is 10.2 Å². The predicted molar refractivity (Wildman–Crippen MR) is 61.9 cm³/mol. The van der Waals surface area contributed by atoms with Crippen LogP contribution in [-0.4, -0.2) is 10.2 Å². The van der Waals surface area contributed by atoms with Crippen molar-refractivity contribution < 1.29 is 22.0 Å². The lowest BCUT2D eigenvalue weighted by Crippen LogP contribution is -2.08. The van der Waals surface area contributed by atoms with Crippen molar-refractivity contribution in [2.45, 2.75) is 25.6 Å². The molecule has 2 N–H and O–H groups in total. The van der Waals surface area contributed by atoms with E-state index in [0.717, 1.165) is 0 Å². The summed E-state index contributed by atoms with van der Waals surface area (Å²) in [5.41, 5.74) is 4.26. The zero-order valence-electron chi connectivity index (χ0n) is 10.4. The Morgan fingerprint density at radius 2 is 2.00 bits per heavy atom. The van der Waals surface area contributed by atoms with Gasteiger partial charge in [-0.05, 0) is 24.6 Å². The molecule has 0 fully saturated rings. The van der Waals surface area contributed by atoms with Crippen molar-refractivity contribution in [3.8, 4) is 11.5 Å². The van der Waals surface area contributed by atoms with Gasteiger partial charge in [-0.15, -0.1) is 10.2 Å². The SMILES string of the molecule is CCC(N)c1nnc(-c2cc(C(F)(F)F)ccc2F)o1. The molecule has 1 heterocycles. The van der Waals surface area contributed by atoms with Crippen LogP contribution in [0.2, 0.25) is 0 Å². The van der Waals surface area contributed by atoms with Crippen LogP contribution in [0.5, 0.6) is 0 Å². The Bertz CT molecular complexity index is 609. The Hall–Kier alpha value is -1.96. The molecule has 1 aromatic carbocycles. The van der Waals surface area contributed by atoms with E-state index in [-0.39, 0.29) is 11.8 Å². The van der Waals surface area contributed by atoms with Gasteiger partial charge in [-0.3, -0.25) is 0 Å². The Labute approximate surface area is 111 Å². The van der Waals surface area contributed by atoms with E-state index in [1.54, 1.807) is 6.92 Å². The summed E-state index contributed by atoms with van der Waals surface area (Å²) in [5, 5.41) is 7.14. The molecule has 2 rings (SSSR count). The second-order valence-corrected chi connectivity index (χ2v) is 4.15. The number of benzene rings is 1. The van der Waals surface area contributed by atoms with Crippen LogP contribution in [-0.2, 0) is 6.18 Å². The maximum atomic E-state index is 13.6. The first kappa shape index (κ1) is 14.4. The second kappa shape index (κ2) is 5.20. The van der Waals surface area contributed by atoms with Gasteiger partial charge in [0, 0.05) is 0 Å². The minimum atomic E-state index is -4.58. The maximum Gasteiger partial charge on any atom is 0.416 e. The van der Waals surface area contributed by atoms with Crippen molar-refractivity contribution in [2.75, 3.05) is 0 Å². The normalized spacial score (nSPS) is 13.5. The number of nitrogens with two attached hydrogens (primary N) is 1. The van der Waals surface area contributed by atoms with E-state index in [4.69, 9.17) is 10.2 Å². The molecule has 0 amide bonds. The summed E-state index contributed by atoms with van der Waals surface area (Å²) >= 11 is 0. The van der Waals surface area contributed by atoms with Crippen molar-refractivity contribution in [3.63, 3.8) is 0 Å². The molecule has 0 saturated carbocycles. The first-order valence-electron chi connectivity index (χ1n) is 5.79. The van der Waals surface area contributed by atoms with Gasteiger partial charge in [0.1, 0.15) is 5.82 Å². The molecule has 8 heteroatoms. The summed E-state index contributed by atoms with van der Waals surface area (Å²) in [6.07, 6.45) is -4.07. The van der Waals surface area contributed by atoms with Gasteiger partial charge in [0.05, 0.1) is 17.2 Å². The zero-order valence-corrected chi connectivity index (χ0v) is 10.4. The lowest BCUT2D eigenvalue weighted by Gasteiger charge is -2.07. The van der Waals surface area contributed by atoms with Crippen molar-refractivity contribution >= 4 is 0 Å². The molecule has 2 aromatic rings. The van der Waals surface area contributed by atoms with Crippen molar-refractivity contribution in [3.05, 3.63) is 35.5 Å². The molecular weight excluding hydrogens is 278 g/mol. The topological polar surface area (TPSA) is 64.9 Å². The Balaban J connectivity index is 2.44. The molecule has 0 radical (unpaired) electrons. The van der Waals surface area contributed by atoms with Crippen molar-refractivity contribution in [1.29, 1.82) is 0 Å². The number of hydrogen-bond donors (Lipinski definition) is 1. The Morgan fingerprint density at radius 1 is 1.30 bits per heavy atom. The van der Waals surface area contributed by atoms with E-state index in [0.29, 0.717) is 24.6 Å². The second-order valence-electron chi connectivity index (χ2n) is 4.15. The molecule has 0 aliphatic heterocycles. The van der Waals surface area contributed by atoms with Crippen LogP contribution in [0.4, 0.5) is 17.6 Å². The fourth-order valence-electron chi connectivity index (χ4n) is 1.53. The summed E-state index contributed by atoms with van der Waals surface area (Å²) < 4.78 is 56.5. The van der Waals surface area contributed by atoms with Crippen molar-refractivity contribution in [1.82, 2.24) is 10.2 Å². The molecule has 20 heavy (non-hydrogen) atoms. The predicted octanol–water partition coefficient (Wildman–Crippen LogP) is 3.30. The largest absolute Gasteiger partial charge is 0.419 e. The van der Waals surface area contributed by atoms with Gasteiger partial charge in [0.15, 0.2) is 0 Å². The summed E-state index contributed by atoms with van der Waals surface area (Å²) in [7, 11) is 0. The summed E-state index contributed by atoms with van der Waals surface area (Å²) in [5.74, 6) is -1.15. The van der Waals surface area contributed by atoms with Crippen LogP contribution in [0.15, 0.2) is 22.6 Å². The third kappa shape index (κ3) is 2.79. The molecule has 4 nitrogen and oxygen atoms in total. The first-order chi connectivity index (χ1) is 9.32. The molecule has 0 aliphatic carbocycles. The number of aromatic nitrogens is 2. The molecule has 0 bridgehead atoms. The van der Waals surface area contributed by atoms with E-state index in [1.807, 2.05) is 0 Å². The standard InChI is InChI=1S/C12H11F4N3O/c1-2-9(17)11-19-18-10(20-11)7-5-6(12(14,15)16)3-4-8(7)13/h3-5,9H,2,17H2,1H3. The fourth-order valence-corrected chi connectivity index (χ4v) is 1.53. The molecule has 1 atom stereocenters. The van der Waals surface area contributed by atoms with Gasteiger partial charge in [0.25, 0.3) is 5.89 Å². The van der Waals surface area contributed by atoms with Gasteiger partial charge in [-0.1, -0.05) is 6.92 Å². The summed E-state index contributed by atoms with van der Waals surface area (Å²) in [6.45, 7) is 1.78. The lowest BCUT2D eigenvalue weighted by molar-refractivity contribution is -0.137. The maximum absolute atomic E-state index is 13.6. The molecule has 0 saturated heterocycles. The van der Waals surface area contributed by atoms with Crippen LogP contribution in [0.1, 0.15) is 30.8 Å². The highest BCUT2D eigenvalue weighted by molar-refractivity contribution is 5.55. The molecule has 1 unspecified atom stereocenters. The minimum absolute atomic E-state index is 0.0549. The zero-order chi connectivity index (χ0) is 14.9. The van der Waals surface area contributed by atoms with Crippen LogP contribution in [0.3, 0.4) is 0 Å². The average molecular weight is 289 g/mol. The van der Waals surface area contributed by atoms with Gasteiger partial charge >= 0.3 is 6.18 Å². The van der Waals surface area contributed by atoms with E-state index >= 15 is 0 Å². The number of alkyl halides is 3. The summed E-state index contributed by atoms with van der Waals surface area (Å²) in [4.78, 5) is 0. The van der Waals surface area contributed by atoms with Crippen LogP contribution in [0.25, 0.3) is 11.5 Å². The first-order valence-corrected chi connectivity index (χ1v) is 5.79. The number of rotatable bonds is 3. The van der Waals surface area contributed by atoms with Crippen molar-refractivity contribution in [2.24, 2.45) is 5.73 Å². The number of nitrogens with zero attached hydrogens (tertiary/aromatic N) is 2. The van der Waals surface area contributed by atoms with Gasteiger partial charge in [-0.2, -0.15) is 13.2 Å². The molecule has 0 spiro atoms. The fraction of sp³-hybridized carbons (Fsp3) is 0.333. The molecule has 1 aromatic heterocycles. The highest BCUT2D eigenvalue weighted by atomic mass is 19.4. The monoisotopic (exact) mass is 289 g/mol. The highest BCUT2D eigenvalue weighted by Gasteiger charge is 2.32. The van der Waals surface area contributed by atoms with E-state index < -0.39 is 29.2 Å². The third-order valence-electron chi connectivity index (χ3n) is 2.72. The van der Waals surface area contributed by atoms with E-state index in [2.05, 4.69) is 10.2 Å². The highest BCUT2D eigenvalue weighted by Crippen LogP contribution is 2.33. The average Bonchev–Trinajstić information content (AvgIpc) is 2.86. The third-order valence-corrected chi connectivity index (χ3v) is 2.72. The van der Waals surface area contributed by atoms with Crippen LogP contribution >= 0.6 is 0 Å². The smallest absolute Gasteiger partial charge is 0.416 e. The number of hydrogen-bond acceptors (Lipinski definition) is 4.